The molecule has 2 aromatic heterocycles. The molecule has 52 heavy (non-hydrogen) atoms. The second-order valence-corrected chi connectivity index (χ2v) is 13.8. The molecular formula is C47H33N5. The monoisotopic (exact) mass is 667 g/mol. The van der Waals surface area contributed by atoms with E-state index in [9.17, 15) is 15.8 Å². The van der Waals surface area contributed by atoms with E-state index in [-0.39, 0.29) is 11.8 Å². The minimum atomic E-state index is 0.0238. The van der Waals surface area contributed by atoms with E-state index in [1.54, 1.807) is 0 Å². The zero-order valence-corrected chi connectivity index (χ0v) is 28.7. The van der Waals surface area contributed by atoms with Crippen LogP contribution in [0.3, 0.4) is 0 Å². The third kappa shape index (κ3) is 4.89. The lowest BCUT2D eigenvalue weighted by molar-refractivity contribution is 0.647. The molecule has 2 aliphatic carbocycles. The lowest BCUT2D eigenvalue weighted by Gasteiger charge is -2.27. The van der Waals surface area contributed by atoms with E-state index < -0.39 is 0 Å². The molecule has 0 spiro atoms. The highest BCUT2D eigenvalue weighted by Crippen LogP contribution is 2.43. The highest BCUT2D eigenvalue weighted by atomic mass is 15.0. The van der Waals surface area contributed by atoms with Crippen molar-refractivity contribution < 1.29 is 0 Å². The molecule has 2 unspecified atom stereocenters. The van der Waals surface area contributed by atoms with Gasteiger partial charge in [-0.2, -0.15) is 15.8 Å². The van der Waals surface area contributed by atoms with Crippen LogP contribution in [0.5, 0.6) is 0 Å². The lowest BCUT2D eigenvalue weighted by Crippen LogP contribution is -2.14. The van der Waals surface area contributed by atoms with Gasteiger partial charge >= 0.3 is 0 Å². The first-order valence-corrected chi connectivity index (χ1v) is 17.8. The van der Waals surface area contributed by atoms with Crippen LogP contribution in [0.4, 0.5) is 0 Å². The fraction of sp³-hybridized carbons (Fsp3) is 0.128. The first-order valence-electron chi connectivity index (χ1n) is 17.8. The molecule has 7 aromatic rings. The van der Waals surface area contributed by atoms with E-state index in [0.717, 1.165) is 74.3 Å². The second-order valence-electron chi connectivity index (χ2n) is 13.8. The molecule has 2 atom stereocenters. The third-order valence-electron chi connectivity index (χ3n) is 10.9. The van der Waals surface area contributed by atoms with Crippen molar-refractivity contribution in [3.63, 3.8) is 0 Å². The van der Waals surface area contributed by atoms with Crippen LogP contribution in [-0.4, -0.2) is 9.13 Å². The first-order chi connectivity index (χ1) is 25.6. The van der Waals surface area contributed by atoms with Crippen molar-refractivity contribution in [1.29, 1.82) is 15.8 Å². The van der Waals surface area contributed by atoms with Crippen molar-refractivity contribution in [1.82, 2.24) is 9.13 Å². The molecule has 0 saturated carbocycles. The summed E-state index contributed by atoms with van der Waals surface area (Å²) in [5.41, 5.74) is 11.7. The lowest BCUT2D eigenvalue weighted by atomic mass is 9.82. The molecule has 5 heteroatoms. The number of aromatic nitrogens is 2. The third-order valence-corrected chi connectivity index (χ3v) is 10.9. The van der Waals surface area contributed by atoms with Crippen LogP contribution >= 0.6 is 0 Å². The normalized spacial score (nSPS) is 17.5. The van der Waals surface area contributed by atoms with Crippen LogP contribution in [0.2, 0.25) is 0 Å². The maximum Gasteiger partial charge on any atom is 0.0994 e. The van der Waals surface area contributed by atoms with E-state index in [2.05, 4.69) is 125 Å². The minimum absolute atomic E-state index is 0.0238. The summed E-state index contributed by atoms with van der Waals surface area (Å²) in [5, 5.41) is 34.4. The Balaban J connectivity index is 1.13. The van der Waals surface area contributed by atoms with Crippen LogP contribution in [0.1, 0.15) is 42.9 Å². The van der Waals surface area contributed by atoms with Gasteiger partial charge in [-0.1, -0.05) is 85.8 Å². The molecule has 0 amide bonds. The van der Waals surface area contributed by atoms with Crippen molar-refractivity contribution in [2.75, 3.05) is 0 Å². The summed E-state index contributed by atoms with van der Waals surface area (Å²) in [6.07, 6.45) is 11.7. The number of fused-ring (bicyclic) bond motifs is 6. The maximum absolute atomic E-state index is 10.6. The molecule has 0 N–H and O–H groups in total. The molecule has 0 fully saturated rings. The Morgan fingerprint density at radius 1 is 0.635 bits per heavy atom. The Morgan fingerprint density at radius 3 is 2.04 bits per heavy atom. The molecule has 9 rings (SSSR count). The summed E-state index contributed by atoms with van der Waals surface area (Å²) in [7, 11) is 0. The van der Waals surface area contributed by atoms with E-state index in [0.29, 0.717) is 16.7 Å². The number of rotatable bonds is 4. The topological polar surface area (TPSA) is 81.2 Å². The zero-order chi connectivity index (χ0) is 35.3. The number of hydrogen-bond donors (Lipinski definition) is 0. The van der Waals surface area contributed by atoms with Gasteiger partial charge in [-0.15, -0.1) is 0 Å². The molecular weight excluding hydrogens is 635 g/mol. The largest absolute Gasteiger partial charge is 0.312 e. The zero-order valence-electron chi connectivity index (χ0n) is 28.7. The Kier molecular flexibility index (Phi) is 7.47. The molecule has 5 nitrogen and oxygen atoms in total. The van der Waals surface area contributed by atoms with Gasteiger partial charge in [-0.3, -0.25) is 0 Å². The number of nitrogens with zero attached hydrogens (tertiary/aromatic N) is 5. The van der Waals surface area contributed by atoms with Gasteiger partial charge in [0, 0.05) is 38.8 Å². The Labute approximate surface area is 302 Å². The molecule has 246 valence electrons. The number of para-hydroxylation sites is 2. The predicted molar refractivity (Wildman–Crippen MR) is 210 cm³/mol. The van der Waals surface area contributed by atoms with Gasteiger partial charge in [0.15, 0.2) is 0 Å². The van der Waals surface area contributed by atoms with Crippen molar-refractivity contribution in [3.8, 4) is 23.9 Å². The van der Waals surface area contributed by atoms with Gasteiger partial charge in [0.2, 0.25) is 0 Å². The van der Waals surface area contributed by atoms with E-state index in [1.165, 1.54) is 16.7 Å². The maximum atomic E-state index is 10.6. The van der Waals surface area contributed by atoms with Crippen molar-refractivity contribution in [3.05, 3.63) is 161 Å². The molecule has 0 bridgehead atoms. The summed E-state index contributed by atoms with van der Waals surface area (Å²) in [6.45, 7) is 2.30. The Hall–Kier alpha value is -6.87. The fourth-order valence-electron chi connectivity index (χ4n) is 8.44. The SMILES string of the molecule is CC1CCC=CC(C2C=C(C#N)C(c3ccc(-n4c5ccccc5c5cc(C#N)ccc54)cc3)=CC2)=C1n1c2ccccc2c2ccc(C#N)cc21. The summed E-state index contributed by atoms with van der Waals surface area (Å²) < 4.78 is 4.62. The number of allylic oxidation sites excluding steroid dienone is 8. The number of hydrogen-bond acceptors (Lipinski definition) is 3. The van der Waals surface area contributed by atoms with E-state index >= 15 is 0 Å². The van der Waals surface area contributed by atoms with Crippen LogP contribution < -0.4 is 0 Å². The molecule has 0 aliphatic heterocycles. The average Bonchev–Trinajstić information content (AvgIpc) is 3.62. The highest BCUT2D eigenvalue weighted by Gasteiger charge is 2.27. The molecule has 2 aliphatic rings. The van der Waals surface area contributed by atoms with Gasteiger partial charge < -0.3 is 9.13 Å². The van der Waals surface area contributed by atoms with Crippen LogP contribution in [0.25, 0.3) is 60.6 Å². The van der Waals surface area contributed by atoms with Crippen molar-refractivity contribution in [2.24, 2.45) is 11.8 Å². The summed E-state index contributed by atoms with van der Waals surface area (Å²) in [6, 6.07) is 44.3. The van der Waals surface area contributed by atoms with Crippen molar-refractivity contribution >= 4 is 54.9 Å². The molecule has 0 saturated heterocycles. The summed E-state index contributed by atoms with van der Waals surface area (Å²) in [5.74, 6) is 0.287. The fourth-order valence-corrected chi connectivity index (χ4v) is 8.44. The van der Waals surface area contributed by atoms with Gasteiger partial charge in [-0.25, -0.2) is 0 Å². The standard InChI is InChI=1S/C47H33N5/c1-30-8-2-3-9-38(47(30)52-44-13-7-4-10-39(44)41-21-14-32(28-49)25-46(41)52)34-18-22-37(35(26-34)29-50)33-16-19-36(20-17-33)51-43-12-6-5-11-40(43)42-24-31(27-48)15-23-45(42)51/h3-7,9-17,19-26,30,34H,2,8,18H2,1H3. The van der Waals surface area contributed by atoms with E-state index in [1.807, 2.05) is 42.5 Å². The average molecular weight is 668 g/mol. The molecule has 5 aromatic carbocycles. The first kappa shape index (κ1) is 31.1. The number of benzene rings is 5. The van der Waals surface area contributed by atoms with Gasteiger partial charge in [-0.05, 0) is 96.5 Å². The predicted octanol–water partition coefficient (Wildman–Crippen LogP) is 11.4. The smallest absolute Gasteiger partial charge is 0.0994 e. The van der Waals surface area contributed by atoms with Crippen LogP contribution in [0.15, 0.2) is 145 Å². The summed E-state index contributed by atoms with van der Waals surface area (Å²) >= 11 is 0. The second kappa shape index (κ2) is 12.5. The van der Waals surface area contributed by atoms with Crippen molar-refractivity contribution in [2.45, 2.75) is 26.2 Å². The number of nitriles is 3. The summed E-state index contributed by atoms with van der Waals surface area (Å²) in [4.78, 5) is 0. The van der Waals surface area contributed by atoms with Crippen LogP contribution in [0, 0.1) is 45.8 Å². The van der Waals surface area contributed by atoms with Gasteiger partial charge in [0.25, 0.3) is 0 Å². The van der Waals surface area contributed by atoms with Gasteiger partial charge in [0.05, 0.1) is 57.0 Å². The van der Waals surface area contributed by atoms with Crippen LogP contribution in [-0.2, 0) is 0 Å². The van der Waals surface area contributed by atoms with Gasteiger partial charge in [0.1, 0.15) is 0 Å². The highest BCUT2D eigenvalue weighted by molar-refractivity contribution is 6.11. The quantitative estimate of drug-likeness (QED) is 0.187. The van der Waals surface area contributed by atoms with E-state index in [4.69, 9.17) is 0 Å². The Morgan fingerprint density at radius 2 is 1.29 bits per heavy atom. The minimum Gasteiger partial charge on any atom is -0.312 e. The Bertz CT molecular complexity index is 2870. The molecule has 0 radical (unpaired) electrons. The molecule has 2 heterocycles.